The third-order valence-electron chi connectivity index (χ3n) is 13.0. The number of carbonyl (C=O) groups excluding carboxylic acids is 5. The van der Waals surface area contributed by atoms with Gasteiger partial charge < -0.3 is 35.0 Å². The molecule has 0 aliphatic rings. The molecule has 0 spiro atoms. The van der Waals surface area contributed by atoms with Crippen LogP contribution in [0.1, 0.15) is 110 Å². The van der Waals surface area contributed by atoms with Gasteiger partial charge in [0.25, 0.3) is 0 Å². The van der Waals surface area contributed by atoms with Crippen LogP contribution in [0.5, 0.6) is 0 Å². The smallest absolute Gasteiger partial charge is 0.206 e. The number of carbonyl (C=O) groups is 5. The predicted octanol–water partition coefficient (Wildman–Crippen LogP) is 7.90. The zero-order valence-electron chi connectivity index (χ0n) is 52.7. The topological polar surface area (TPSA) is 371 Å². The molecular weight excluding hydrogens is 1430 g/mol. The average molecular weight is 1500 g/mol. The van der Waals surface area contributed by atoms with Crippen LogP contribution >= 0.6 is 88.5 Å². The SMILES string of the molecule is CCO/C=C/c1sc(-c2cnn(C)c2C(=O)CO)nc1C.CCOCCc1sc(-c2cnn(C)c2C(=O)CO)nc1C.CCc1nnc(-c2cnn(C)c2C(=O)CO)s1.Cc1nc(-c2cnn(C)c2C(=O)CO)c(Br)s1.Cc1nc(-c2cnn(C)c2C(=O)CO)sc1Br. The van der Waals surface area contributed by atoms with Gasteiger partial charge >= 0.3 is 0 Å². The first-order valence-electron chi connectivity index (χ1n) is 28.1. The summed E-state index contributed by atoms with van der Waals surface area (Å²) < 4.78 is 19.6. The third-order valence-corrected chi connectivity index (χ3v) is 20.2. The summed E-state index contributed by atoms with van der Waals surface area (Å²) in [6, 6.07) is 0. The Balaban J connectivity index is 0.000000185. The number of ketones is 5. The van der Waals surface area contributed by atoms with Gasteiger partial charge in [0.1, 0.15) is 81.5 Å². The highest BCUT2D eigenvalue weighted by Crippen LogP contribution is 2.37. The second kappa shape index (κ2) is 35.3. The monoisotopic (exact) mass is 1500 g/mol. The number of aliphatic hydroxyl groups is 5. The molecule has 10 aromatic rings. The fourth-order valence-corrected chi connectivity index (χ4v) is 14.4. The van der Waals surface area contributed by atoms with Gasteiger partial charge in [-0.15, -0.1) is 55.5 Å². The highest BCUT2D eigenvalue weighted by Gasteiger charge is 2.26. The molecule has 496 valence electrons. The average Bonchev–Trinajstić information content (AvgIpc) is 1.73. The maximum Gasteiger partial charge on any atom is 0.206 e. The quantitative estimate of drug-likeness (QED) is 0.0231. The van der Waals surface area contributed by atoms with Crippen LogP contribution in [0.25, 0.3) is 59.6 Å². The van der Waals surface area contributed by atoms with Crippen molar-refractivity contribution in [3.8, 4) is 53.5 Å². The molecule has 0 unspecified atom stereocenters. The summed E-state index contributed by atoms with van der Waals surface area (Å²) in [7, 11) is 8.35. The van der Waals surface area contributed by atoms with Crippen LogP contribution in [-0.2, 0) is 57.6 Å². The van der Waals surface area contributed by atoms with Crippen molar-refractivity contribution in [1.82, 2.24) is 79.0 Å². The van der Waals surface area contributed by atoms with Gasteiger partial charge in [-0.1, -0.05) is 18.3 Å². The molecule has 0 saturated heterocycles. The van der Waals surface area contributed by atoms with Crippen molar-refractivity contribution in [3.63, 3.8) is 0 Å². The van der Waals surface area contributed by atoms with Crippen molar-refractivity contribution in [3.05, 3.63) is 110 Å². The molecule has 10 rings (SSSR count). The van der Waals surface area contributed by atoms with E-state index in [0.29, 0.717) is 91.8 Å². The highest BCUT2D eigenvalue weighted by molar-refractivity contribution is 9.11. The Morgan fingerprint density at radius 3 is 1.28 bits per heavy atom. The molecule has 0 aliphatic heterocycles. The second-order valence-electron chi connectivity index (χ2n) is 19.3. The van der Waals surface area contributed by atoms with E-state index >= 15 is 0 Å². The molecule has 0 atom stereocenters. The first kappa shape index (κ1) is 74.8. The van der Waals surface area contributed by atoms with E-state index in [4.69, 9.17) is 35.0 Å². The van der Waals surface area contributed by atoms with Crippen LogP contribution < -0.4 is 0 Å². The minimum atomic E-state index is -0.548. The van der Waals surface area contributed by atoms with E-state index in [1.807, 2.05) is 54.5 Å². The van der Waals surface area contributed by atoms with Crippen molar-refractivity contribution >= 4 is 124 Å². The number of hydrogen-bond donors (Lipinski definition) is 5. The molecule has 0 aliphatic carbocycles. The van der Waals surface area contributed by atoms with E-state index in [9.17, 15) is 24.0 Å². The Hall–Kier alpha value is -7.26. The molecule has 0 aromatic carbocycles. The molecule has 10 aromatic heterocycles. The number of aryl methyl sites for hydroxylation is 10. The summed E-state index contributed by atoms with van der Waals surface area (Å²) in [5, 5.41) is 78.0. The van der Waals surface area contributed by atoms with E-state index in [-0.39, 0.29) is 28.9 Å². The van der Waals surface area contributed by atoms with E-state index in [1.54, 1.807) is 83.8 Å². The third kappa shape index (κ3) is 18.6. The van der Waals surface area contributed by atoms with Gasteiger partial charge in [0, 0.05) is 53.1 Å². The zero-order valence-corrected chi connectivity index (χ0v) is 59.9. The summed E-state index contributed by atoms with van der Waals surface area (Å²) in [6.07, 6.45) is 13.1. The lowest BCUT2D eigenvalue weighted by Gasteiger charge is -2.01. The maximum absolute atomic E-state index is 11.8. The number of halogens is 2. The molecule has 0 fully saturated rings. The van der Waals surface area contributed by atoms with Crippen molar-refractivity contribution in [2.45, 2.75) is 61.3 Å². The van der Waals surface area contributed by atoms with E-state index in [1.165, 1.54) is 68.8 Å². The molecule has 35 heteroatoms. The lowest BCUT2D eigenvalue weighted by molar-refractivity contribution is 0.0889. The van der Waals surface area contributed by atoms with Crippen LogP contribution in [0.3, 0.4) is 0 Å². The largest absolute Gasteiger partial charge is 0.501 e. The number of aromatic nitrogens is 16. The van der Waals surface area contributed by atoms with Gasteiger partial charge in [-0.05, 0) is 85.9 Å². The van der Waals surface area contributed by atoms with Gasteiger partial charge in [0.15, 0.2) is 5.01 Å². The van der Waals surface area contributed by atoms with Crippen molar-refractivity contribution in [1.29, 1.82) is 0 Å². The molecule has 93 heavy (non-hydrogen) atoms. The molecule has 10 heterocycles. The van der Waals surface area contributed by atoms with Crippen molar-refractivity contribution < 1.29 is 59.0 Å². The second-order valence-corrected chi connectivity index (χ2v) is 27.4. The van der Waals surface area contributed by atoms with Crippen LogP contribution in [0, 0.1) is 27.7 Å². The molecular formula is C58H68Br2N16O12S5. The molecule has 28 nitrogen and oxygen atoms in total. The first-order valence-corrected chi connectivity index (χ1v) is 33.8. The number of nitrogens with zero attached hydrogens (tertiary/aromatic N) is 16. The molecule has 0 bridgehead atoms. The van der Waals surface area contributed by atoms with Gasteiger partial charge in [-0.25, -0.2) is 19.9 Å². The van der Waals surface area contributed by atoms with E-state index in [0.717, 1.165) is 67.3 Å². The van der Waals surface area contributed by atoms with Gasteiger partial charge in [-0.3, -0.25) is 47.4 Å². The lowest BCUT2D eigenvalue weighted by Crippen LogP contribution is -2.11. The van der Waals surface area contributed by atoms with Crippen LogP contribution in [-0.4, -0.2) is 186 Å². The highest BCUT2D eigenvalue weighted by atomic mass is 79.9. The lowest BCUT2D eigenvalue weighted by atomic mass is 10.1. The Labute approximate surface area is 570 Å². The fraction of sp³-hybridized carbons (Fsp3) is 0.379. The number of thiazole rings is 4. The number of aliphatic hydroxyl groups excluding tert-OH is 5. The number of ether oxygens (including phenoxy) is 2. The molecule has 0 amide bonds. The van der Waals surface area contributed by atoms with E-state index < -0.39 is 33.0 Å². The normalized spacial score (nSPS) is 11.0. The maximum atomic E-state index is 11.8. The van der Waals surface area contributed by atoms with Gasteiger partial charge in [0.2, 0.25) is 28.9 Å². The number of hydrogen-bond acceptors (Lipinski definition) is 28. The van der Waals surface area contributed by atoms with Crippen LogP contribution in [0.15, 0.2) is 44.8 Å². The minimum absolute atomic E-state index is 0.353. The summed E-state index contributed by atoms with van der Waals surface area (Å²) in [6.45, 7) is 12.8. The molecule has 0 saturated carbocycles. The zero-order chi connectivity index (χ0) is 68.4. The Morgan fingerprint density at radius 1 is 0.484 bits per heavy atom. The van der Waals surface area contributed by atoms with Crippen molar-refractivity contribution in [2.24, 2.45) is 35.2 Å². The summed E-state index contributed by atoms with van der Waals surface area (Å²) in [5.41, 5.74) is 8.49. The van der Waals surface area contributed by atoms with Gasteiger partial charge in [-0.2, -0.15) is 25.5 Å². The molecule has 5 N–H and O–H groups in total. The van der Waals surface area contributed by atoms with Gasteiger partial charge in [0.05, 0.1) is 119 Å². The Kier molecular flexibility index (Phi) is 28.4. The fourth-order valence-electron chi connectivity index (χ4n) is 8.55. The van der Waals surface area contributed by atoms with Crippen LogP contribution in [0.4, 0.5) is 0 Å². The first-order chi connectivity index (χ1) is 44.4. The molecule has 0 radical (unpaired) electrons. The number of Topliss-reactive ketones (excluding diaryl/α,β-unsaturated/α-hetero) is 5. The number of rotatable bonds is 23. The Bertz CT molecular complexity index is 4220. The summed E-state index contributed by atoms with van der Waals surface area (Å²) in [5.74, 6) is -1.81. The van der Waals surface area contributed by atoms with Crippen LogP contribution in [0.2, 0.25) is 0 Å². The predicted molar refractivity (Wildman–Crippen MR) is 361 cm³/mol. The minimum Gasteiger partial charge on any atom is -0.501 e. The van der Waals surface area contributed by atoms with E-state index in [2.05, 4.69) is 87.5 Å². The Morgan fingerprint density at radius 2 is 0.892 bits per heavy atom. The standard InChI is InChI=1S/C14H19N3O3S.C14H17N3O3S.2C10H10BrN3O2S.C10H12N4O2S/c2*1-4-20-6-5-12-9(2)16-14(21-12)10-7-15-17(3)13(10)11(19)8-18;1-5-13-8(10(11)17-5)6-3-12-14(2)9(6)7(16)4-15;1-5-9(11)17-10(13-5)6-3-12-14(2)8(6)7(16)4-15;1-3-8-12-13-10(17-8)6-4-11-14(2)9(6)7(16)5-15/h7,18H,4-6,8H2,1-3H3;5-7,18H,4,8H2,1-3H3;2*3,15H,4H2,1-2H3;4,15H,3,5H2,1-2H3/b;6-5+;;;. The van der Waals surface area contributed by atoms with Crippen molar-refractivity contribution in [2.75, 3.05) is 52.9 Å². The summed E-state index contributed by atoms with van der Waals surface area (Å²) >= 11 is 14.2. The summed E-state index contributed by atoms with van der Waals surface area (Å²) in [4.78, 5) is 78.4.